The molecule has 0 radical (unpaired) electrons. The number of carbonyl (C=O) groups excluding carboxylic acids is 1. The van der Waals surface area contributed by atoms with Crippen LogP contribution < -0.4 is 10.6 Å². The third-order valence-electron chi connectivity index (χ3n) is 3.78. The number of rotatable bonds is 6. The van der Waals surface area contributed by atoms with Gasteiger partial charge in [0, 0.05) is 23.5 Å². The summed E-state index contributed by atoms with van der Waals surface area (Å²) in [4.78, 5) is 20.8. The Bertz CT molecular complexity index is 896. The van der Waals surface area contributed by atoms with E-state index in [2.05, 4.69) is 20.6 Å². The first kappa shape index (κ1) is 17.9. The summed E-state index contributed by atoms with van der Waals surface area (Å²) < 4.78 is 0. The maximum atomic E-state index is 12.3. The summed E-state index contributed by atoms with van der Waals surface area (Å²) in [5, 5.41) is 6.68. The van der Waals surface area contributed by atoms with Gasteiger partial charge in [-0.25, -0.2) is 9.97 Å². The van der Waals surface area contributed by atoms with Crippen LogP contribution in [0.15, 0.2) is 60.8 Å². The van der Waals surface area contributed by atoms with E-state index in [0.29, 0.717) is 23.2 Å². The maximum absolute atomic E-state index is 12.3. The number of hydrogen-bond acceptors (Lipinski definition) is 4. The molecule has 0 saturated heterocycles. The molecule has 1 amide bonds. The average Bonchev–Trinajstić information content (AvgIpc) is 2.64. The Labute approximate surface area is 157 Å². The first-order valence-corrected chi connectivity index (χ1v) is 8.67. The van der Waals surface area contributed by atoms with Gasteiger partial charge in [-0.3, -0.25) is 4.79 Å². The number of nitrogens with one attached hydrogen (secondary N) is 2. The lowest BCUT2D eigenvalue weighted by atomic mass is 10.1. The summed E-state index contributed by atoms with van der Waals surface area (Å²) in [5.41, 5.74) is 3.30. The number of amides is 1. The van der Waals surface area contributed by atoms with Gasteiger partial charge in [-0.05, 0) is 49.2 Å². The second-order valence-corrected chi connectivity index (χ2v) is 6.33. The van der Waals surface area contributed by atoms with Crippen molar-refractivity contribution >= 4 is 29.1 Å². The molecule has 2 N–H and O–H groups in total. The van der Waals surface area contributed by atoms with Crippen molar-refractivity contribution in [2.24, 2.45) is 0 Å². The summed E-state index contributed by atoms with van der Waals surface area (Å²) in [7, 11) is 0. The first-order valence-electron chi connectivity index (χ1n) is 8.29. The fourth-order valence-electron chi connectivity index (χ4n) is 2.41. The highest BCUT2D eigenvalue weighted by Crippen LogP contribution is 2.12. The number of halogens is 1. The lowest BCUT2D eigenvalue weighted by Gasteiger charge is -2.08. The zero-order chi connectivity index (χ0) is 18.4. The topological polar surface area (TPSA) is 66.9 Å². The summed E-state index contributed by atoms with van der Waals surface area (Å²) in [6.07, 6.45) is 2.35. The van der Waals surface area contributed by atoms with E-state index < -0.39 is 0 Å². The lowest BCUT2D eigenvalue weighted by Crippen LogP contribution is -2.16. The molecule has 3 aromatic rings. The number of aromatic nitrogens is 2. The van der Waals surface area contributed by atoms with E-state index in [4.69, 9.17) is 11.6 Å². The van der Waals surface area contributed by atoms with Crippen LogP contribution >= 0.6 is 11.6 Å². The highest BCUT2D eigenvalue weighted by atomic mass is 35.5. The van der Waals surface area contributed by atoms with E-state index in [9.17, 15) is 4.79 Å². The van der Waals surface area contributed by atoms with Crippen molar-refractivity contribution in [2.75, 3.05) is 17.2 Å². The van der Waals surface area contributed by atoms with Crippen LogP contribution in [-0.2, 0) is 6.42 Å². The Balaban J connectivity index is 1.58. The second-order valence-electron chi connectivity index (χ2n) is 5.89. The fourth-order valence-corrected chi connectivity index (χ4v) is 2.63. The van der Waals surface area contributed by atoms with Crippen LogP contribution in [0.2, 0.25) is 5.02 Å². The van der Waals surface area contributed by atoms with Gasteiger partial charge in [0.15, 0.2) is 0 Å². The number of anilines is 2. The number of hydrogen-bond donors (Lipinski definition) is 2. The third-order valence-corrected chi connectivity index (χ3v) is 4.02. The molecule has 0 spiro atoms. The van der Waals surface area contributed by atoms with Gasteiger partial charge in [-0.2, -0.15) is 0 Å². The minimum Gasteiger partial charge on any atom is -0.354 e. The molecular formula is C20H19ClN4O. The average molecular weight is 367 g/mol. The van der Waals surface area contributed by atoms with Crippen LogP contribution in [0.3, 0.4) is 0 Å². The van der Waals surface area contributed by atoms with E-state index in [0.717, 1.165) is 23.2 Å². The fraction of sp³-hybridized carbons (Fsp3) is 0.150. The van der Waals surface area contributed by atoms with E-state index in [-0.39, 0.29) is 5.91 Å². The Morgan fingerprint density at radius 1 is 1.12 bits per heavy atom. The largest absolute Gasteiger partial charge is 0.354 e. The van der Waals surface area contributed by atoms with Gasteiger partial charge in [0.25, 0.3) is 5.91 Å². The van der Waals surface area contributed by atoms with Crippen LogP contribution in [0.25, 0.3) is 0 Å². The quantitative estimate of drug-likeness (QED) is 0.680. The van der Waals surface area contributed by atoms with Gasteiger partial charge in [0.05, 0.1) is 0 Å². The van der Waals surface area contributed by atoms with Crippen molar-refractivity contribution in [3.05, 3.63) is 82.6 Å². The van der Waals surface area contributed by atoms with Crippen molar-refractivity contribution in [2.45, 2.75) is 13.3 Å². The molecule has 0 aliphatic carbocycles. The minimum absolute atomic E-state index is 0.269. The highest BCUT2D eigenvalue weighted by Gasteiger charge is 2.09. The van der Waals surface area contributed by atoms with Crippen LogP contribution in [0.1, 0.15) is 21.6 Å². The molecule has 26 heavy (non-hydrogen) atoms. The standard InChI is InChI=1S/C20H19ClN4O/c1-14-5-7-17(8-6-14)24-19(26)18-10-12-23-20(25-18)22-11-9-15-3-2-4-16(21)13-15/h2-8,10,12-13H,9,11H2,1H3,(H,24,26)(H,22,23,25). The molecule has 1 aromatic heterocycles. The SMILES string of the molecule is Cc1ccc(NC(=O)c2ccnc(NCCc3cccc(Cl)c3)n2)cc1. The number of aryl methyl sites for hydroxylation is 1. The molecule has 0 fully saturated rings. The molecular weight excluding hydrogens is 348 g/mol. The molecule has 5 nitrogen and oxygen atoms in total. The molecule has 0 unspecified atom stereocenters. The number of nitrogens with zero attached hydrogens (tertiary/aromatic N) is 2. The zero-order valence-corrected chi connectivity index (χ0v) is 15.1. The van der Waals surface area contributed by atoms with Crippen LogP contribution in [0.5, 0.6) is 0 Å². The monoisotopic (exact) mass is 366 g/mol. The van der Waals surface area contributed by atoms with Gasteiger partial charge in [-0.1, -0.05) is 41.4 Å². The van der Waals surface area contributed by atoms with Gasteiger partial charge in [0.1, 0.15) is 5.69 Å². The highest BCUT2D eigenvalue weighted by molar-refractivity contribution is 6.30. The Morgan fingerprint density at radius 3 is 2.69 bits per heavy atom. The summed E-state index contributed by atoms with van der Waals surface area (Å²) >= 11 is 5.98. The van der Waals surface area contributed by atoms with Gasteiger partial charge < -0.3 is 10.6 Å². The molecule has 1 heterocycles. The first-order chi connectivity index (χ1) is 12.6. The smallest absolute Gasteiger partial charge is 0.274 e. The number of carbonyl (C=O) groups is 1. The summed E-state index contributed by atoms with van der Waals surface area (Å²) in [6.45, 7) is 2.64. The van der Waals surface area contributed by atoms with E-state index in [1.54, 1.807) is 12.3 Å². The predicted octanol–water partition coefficient (Wildman–Crippen LogP) is 4.35. The molecule has 0 bridgehead atoms. The summed E-state index contributed by atoms with van der Waals surface area (Å²) in [6, 6.07) is 16.9. The zero-order valence-electron chi connectivity index (χ0n) is 14.4. The normalized spacial score (nSPS) is 10.4. The van der Waals surface area contributed by atoms with Crippen LogP contribution in [0.4, 0.5) is 11.6 Å². The van der Waals surface area contributed by atoms with Crippen LogP contribution in [-0.4, -0.2) is 22.4 Å². The molecule has 0 saturated carbocycles. The van der Waals surface area contributed by atoms with E-state index in [1.807, 2.05) is 55.5 Å². The van der Waals surface area contributed by atoms with Crippen molar-refractivity contribution < 1.29 is 4.79 Å². The third kappa shape index (κ3) is 5.04. The number of benzene rings is 2. The molecule has 2 aromatic carbocycles. The summed E-state index contributed by atoms with van der Waals surface area (Å²) in [5.74, 6) is 0.151. The van der Waals surface area contributed by atoms with E-state index >= 15 is 0 Å². The van der Waals surface area contributed by atoms with Gasteiger partial charge in [0.2, 0.25) is 5.95 Å². The maximum Gasteiger partial charge on any atom is 0.274 e. The van der Waals surface area contributed by atoms with Crippen molar-refractivity contribution in [1.82, 2.24) is 9.97 Å². The van der Waals surface area contributed by atoms with Gasteiger partial charge in [-0.15, -0.1) is 0 Å². The van der Waals surface area contributed by atoms with Crippen LogP contribution in [0, 0.1) is 6.92 Å². The Hall–Kier alpha value is -2.92. The predicted molar refractivity (Wildman–Crippen MR) is 105 cm³/mol. The van der Waals surface area contributed by atoms with Gasteiger partial charge >= 0.3 is 0 Å². The lowest BCUT2D eigenvalue weighted by molar-refractivity contribution is 0.102. The Morgan fingerprint density at radius 2 is 1.92 bits per heavy atom. The molecule has 0 aliphatic rings. The van der Waals surface area contributed by atoms with Crippen molar-refractivity contribution in [1.29, 1.82) is 0 Å². The molecule has 3 rings (SSSR count). The van der Waals surface area contributed by atoms with Crippen molar-refractivity contribution in [3.8, 4) is 0 Å². The van der Waals surface area contributed by atoms with Crippen molar-refractivity contribution in [3.63, 3.8) is 0 Å². The minimum atomic E-state index is -0.269. The van der Waals surface area contributed by atoms with E-state index in [1.165, 1.54) is 0 Å². The molecule has 132 valence electrons. The molecule has 0 atom stereocenters. The second kappa shape index (κ2) is 8.45. The molecule has 6 heteroatoms. The molecule has 0 aliphatic heterocycles. The Kier molecular flexibility index (Phi) is 5.81.